The standard InChI is InChI=1S/C18H21ClN2O4S2/c19-16-8-9-17(26-16)27(24,25)20-13-6-7-15(14(12-13)18(22)23)21-10-4-2-1-3-5-11-21/h6-9,12,20H,1-5,10-11H2,(H,22,23). The first-order chi connectivity index (χ1) is 12.9. The number of halogens is 1. The lowest BCUT2D eigenvalue weighted by Gasteiger charge is -2.28. The fraction of sp³-hybridized carbons (Fsp3) is 0.389. The van der Waals surface area contributed by atoms with Crippen molar-refractivity contribution in [1.29, 1.82) is 0 Å². The Hall–Kier alpha value is -1.77. The Kier molecular flexibility index (Phi) is 6.29. The van der Waals surface area contributed by atoms with Crippen molar-refractivity contribution in [3.63, 3.8) is 0 Å². The lowest BCUT2D eigenvalue weighted by atomic mass is 10.1. The summed E-state index contributed by atoms with van der Waals surface area (Å²) >= 11 is 6.76. The molecule has 0 radical (unpaired) electrons. The average Bonchev–Trinajstić information content (AvgIpc) is 3.02. The van der Waals surface area contributed by atoms with E-state index in [0.29, 0.717) is 10.0 Å². The molecule has 0 unspecified atom stereocenters. The van der Waals surface area contributed by atoms with Crippen LogP contribution in [0.25, 0.3) is 0 Å². The number of nitrogens with zero attached hydrogens (tertiary/aromatic N) is 1. The Bertz CT molecular complexity index is 919. The summed E-state index contributed by atoms with van der Waals surface area (Å²) in [6, 6.07) is 7.59. The molecule has 1 aliphatic rings. The molecule has 1 aromatic heterocycles. The lowest BCUT2D eigenvalue weighted by Crippen LogP contribution is -2.28. The van der Waals surface area contributed by atoms with Crippen molar-refractivity contribution < 1.29 is 18.3 Å². The van der Waals surface area contributed by atoms with Gasteiger partial charge in [-0.3, -0.25) is 4.72 Å². The van der Waals surface area contributed by atoms with E-state index in [1.165, 1.54) is 24.6 Å². The second kappa shape index (κ2) is 8.50. The summed E-state index contributed by atoms with van der Waals surface area (Å²) in [4.78, 5) is 13.9. The van der Waals surface area contributed by atoms with Crippen molar-refractivity contribution in [2.45, 2.75) is 36.3 Å². The van der Waals surface area contributed by atoms with E-state index in [1.807, 2.05) is 0 Å². The van der Waals surface area contributed by atoms with Gasteiger partial charge in [-0.15, -0.1) is 11.3 Å². The molecule has 0 saturated carbocycles. The molecule has 0 atom stereocenters. The minimum Gasteiger partial charge on any atom is -0.478 e. The van der Waals surface area contributed by atoms with Gasteiger partial charge in [0, 0.05) is 18.8 Å². The van der Waals surface area contributed by atoms with Gasteiger partial charge in [0.25, 0.3) is 10.0 Å². The Morgan fingerprint density at radius 3 is 2.33 bits per heavy atom. The van der Waals surface area contributed by atoms with Gasteiger partial charge >= 0.3 is 5.97 Å². The molecule has 0 spiro atoms. The zero-order valence-corrected chi connectivity index (χ0v) is 17.0. The Morgan fingerprint density at radius 2 is 1.74 bits per heavy atom. The van der Waals surface area contributed by atoms with Gasteiger partial charge in [-0.2, -0.15) is 0 Å². The number of nitrogens with one attached hydrogen (secondary N) is 1. The van der Waals surface area contributed by atoms with Crippen molar-refractivity contribution >= 4 is 50.3 Å². The van der Waals surface area contributed by atoms with E-state index < -0.39 is 16.0 Å². The Morgan fingerprint density at radius 1 is 1.07 bits per heavy atom. The second-order valence-electron chi connectivity index (χ2n) is 6.46. The van der Waals surface area contributed by atoms with Gasteiger partial charge < -0.3 is 10.0 Å². The van der Waals surface area contributed by atoms with Crippen molar-refractivity contribution in [2.24, 2.45) is 0 Å². The number of carboxylic acids is 1. The van der Waals surface area contributed by atoms with Gasteiger partial charge in [-0.05, 0) is 43.2 Å². The maximum absolute atomic E-state index is 12.4. The van der Waals surface area contributed by atoms with Crippen LogP contribution in [0.1, 0.15) is 42.5 Å². The fourth-order valence-corrected chi connectivity index (χ4v) is 5.71. The molecule has 1 fully saturated rings. The number of hydrogen-bond donors (Lipinski definition) is 2. The molecule has 27 heavy (non-hydrogen) atoms. The smallest absolute Gasteiger partial charge is 0.337 e. The summed E-state index contributed by atoms with van der Waals surface area (Å²) < 4.78 is 27.8. The van der Waals surface area contributed by atoms with E-state index in [1.54, 1.807) is 12.1 Å². The highest BCUT2D eigenvalue weighted by molar-refractivity contribution is 7.94. The van der Waals surface area contributed by atoms with Crippen molar-refractivity contribution in [3.05, 3.63) is 40.2 Å². The van der Waals surface area contributed by atoms with Crippen LogP contribution in [0.15, 0.2) is 34.5 Å². The Labute approximate surface area is 167 Å². The summed E-state index contributed by atoms with van der Waals surface area (Å²) in [6.07, 6.45) is 5.53. The largest absolute Gasteiger partial charge is 0.478 e. The summed E-state index contributed by atoms with van der Waals surface area (Å²) in [6.45, 7) is 1.61. The summed E-state index contributed by atoms with van der Waals surface area (Å²) in [7, 11) is -3.81. The van der Waals surface area contributed by atoms with Gasteiger partial charge in [0.05, 0.1) is 15.6 Å². The van der Waals surface area contributed by atoms with Crippen molar-refractivity contribution in [3.8, 4) is 0 Å². The van der Waals surface area contributed by atoms with Crippen LogP contribution in [0, 0.1) is 0 Å². The van der Waals surface area contributed by atoms with Gasteiger partial charge in [-0.1, -0.05) is 30.9 Å². The normalized spacial score (nSPS) is 15.8. The highest BCUT2D eigenvalue weighted by Gasteiger charge is 2.21. The number of benzene rings is 1. The van der Waals surface area contributed by atoms with E-state index in [0.717, 1.165) is 50.1 Å². The molecular weight excluding hydrogens is 408 g/mol. The monoisotopic (exact) mass is 428 g/mol. The molecule has 1 aliphatic heterocycles. The molecule has 2 aromatic rings. The quantitative estimate of drug-likeness (QED) is 0.722. The number of aromatic carboxylic acids is 1. The summed E-state index contributed by atoms with van der Waals surface area (Å²) in [5.41, 5.74) is 0.944. The van der Waals surface area contributed by atoms with Crippen molar-refractivity contribution in [2.75, 3.05) is 22.7 Å². The minimum absolute atomic E-state index is 0.0808. The summed E-state index contributed by atoms with van der Waals surface area (Å²) in [5, 5.41) is 9.65. The van der Waals surface area contributed by atoms with Crippen LogP contribution in [-0.4, -0.2) is 32.6 Å². The average molecular weight is 429 g/mol. The van der Waals surface area contributed by atoms with Gasteiger partial charge in [0.2, 0.25) is 0 Å². The highest BCUT2D eigenvalue weighted by Crippen LogP contribution is 2.30. The molecule has 2 heterocycles. The van der Waals surface area contributed by atoms with Crippen LogP contribution >= 0.6 is 22.9 Å². The maximum Gasteiger partial charge on any atom is 0.337 e. The number of thiophene rings is 1. The lowest BCUT2D eigenvalue weighted by molar-refractivity contribution is 0.0697. The number of carbonyl (C=O) groups is 1. The molecule has 3 rings (SSSR count). The maximum atomic E-state index is 12.4. The van der Waals surface area contributed by atoms with E-state index in [-0.39, 0.29) is 15.5 Å². The molecule has 9 heteroatoms. The fourth-order valence-electron chi connectivity index (χ4n) is 3.18. The molecule has 0 amide bonds. The predicted molar refractivity (Wildman–Crippen MR) is 109 cm³/mol. The van der Waals surface area contributed by atoms with Crippen LogP contribution in [0.2, 0.25) is 4.34 Å². The number of hydrogen-bond acceptors (Lipinski definition) is 5. The minimum atomic E-state index is -3.81. The van der Waals surface area contributed by atoms with Crippen LogP contribution in [0.5, 0.6) is 0 Å². The first kappa shape index (κ1) is 20.0. The van der Waals surface area contributed by atoms with Crippen LogP contribution in [0.4, 0.5) is 11.4 Å². The van der Waals surface area contributed by atoms with E-state index in [9.17, 15) is 18.3 Å². The number of sulfonamides is 1. The van der Waals surface area contributed by atoms with E-state index >= 15 is 0 Å². The zero-order valence-electron chi connectivity index (χ0n) is 14.7. The van der Waals surface area contributed by atoms with Gasteiger partial charge in [0.1, 0.15) is 4.21 Å². The molecular formula is C18H21ClN2O4S2. The molecule has 146 valence electrons. The molecule has 0 aliphatic carbocycles. The first-order valence-corrected chi connectivity index (χ1v) is 11.4. The molecule has 2 N–H and O–H groups in total. The third kappa shape index (κ3) is 4.94. The van der Waals surface area contributed by atoms with Crippen LogP contribution < -0.4 is 9.62 Å². The third-order valence-electron chi connectivity index (χ3n) is 4.49. The van der Waals surface area contributed by atoms with E-state index in [2.05, 4.69) is 9.62 Å². The number of anilines is 2. The Balaban J connectivity index is 1.88. The molecule has 1 aromatic carbocycles. The molecule has 1 saturated heterocycles. The SMILES string of the molecule is O=C(O)c1cc(NS(=O)(=O)c2ccc(Cl)s2)ccc1N1CCCCCCC1. The second-order valence-corrected chi connectivity index (χ2v) is 10.1. The van der Waals surface area contributed by atoms with Crippen molar-refractivity contribution in [1.82, 2.24) is 0 Å². The van der Waals surface area contributed by atoms with Gasteiger partial charge in [-0.25, -0.2) is 13.2 Å². The number of carboxylic acid groups (broad SMARTS) is 1. The predicted octanol–water partition coefficient (Wildman–Crippen LogP) is 4.67. The summed E-state index contributed by atoms with van der Waals surface area (Å²) in [5.74, 6) is -1.08. The third-order valence-corrected chi connectivity index (χ3v) is 7.59. The van der Waals surface area contributed by atoms with Crippen LogP contribution in [0.3, 0.4) is 0 Å². The molecule has 6 nitrogen and oxygen atoms in total. The first-order valence-electron chi connectivity index (χ1n) is 8.77. The molecule has 0 bridgehead atoms. The topological polar surface area (TPSA) is 86.7 Å². The van der Waals surface area contributed by atoms with Crippen LogP contribution in [-0.2, 0) is 10.0 Å². The van der Waals surface area contributed by atoms with Gasteiger partial charge in [0.15, 0.2) is 0 Å². The van der Waals surface area contributed by atoms with E-state index in [4.69, 9.17) is 11.6 Å². The number of rotatable bonds is 5. The zero-order chi connectivity index (χ0) is 19.4. The highest BCUT2D eigenvalue weighted by atomic mass is 35.5.